The first-order valence-electron chi connectivity index (χ1n) is 7.16. The van der Waals surface area contributed by atoms with Gasteiger partial charge in [-0.2, -0.15) is 5.10 Å². The van der Waals surface area contributed by atoms with Crippen LogP contribution in [0.4, 0.5) is 17.1 Å². The number of furan rings is 1. The molecule has 0 spiro atoms. The maximum absolute atomic E-state index is 11.8. The number of esters is 1. The lowest BCUT2D eigenvalue weighted by molar-refractivity contribution is -0.393. The van der Waals surface area contributed by atoms with Gasteiger partial charge in [0.1, 0.15) is 23.3 Å². The molecule has 0 aliphatic carbocycles. The van der Waals surface area contributed by atoms with Crippen LogP contribution in [0, 0.1) is 27.2 Å². The van der Waals surface area contributed by atoms with Crippen molar-refractivity contribution in [3.63, 3.8) is 0 Å². The number of methoxy groups -OCH3 is 1. The number of hydrazone groups is 1. The molecule has 2 rings (SSSR count). The molecule has 1 heterocycles. The predicted octanol–water partition coefficient (Wildman–Crippen LogP) is 3.03. The van der Waals surface area contributed by atoms with Crippen LogP contribution in [0.15, 0.2) is 34.0 Å². The Bertz CT molecular complexity index is 917. The van der Waals surface area contributed by atoms with Gasteiger partial charge in [0.15, 0.2) is 0 Å². The highest BCUT2D eigenvalue weighted by Gasteiger charge is 2.22. The van der Waals surface area contributed by atoms with Gasteiger partial charge in [0.05, 0.1) is 34.3 Å². The summed E-state index contributed by atoms with van der Waals surface area (Å²) in [6.07, 6.45) is 1.23. The molecule has 0 saturated heterocycles. The first-order chi connectivity index (χ1) is 12.3. The Morgan fingerprint density at radius 2 is 1.96 bits per heavy atom. The first kappa shape index (κ1) is 18.6. The molecule has 0 unspecified atom stereocenters. The quantitative estimate of drug-likeness (QED) is 0.356. The van der Waals surface area contributed by atoms with Gasteiger partial charge in [-0.1, -0.05) is 0 Å². The van der Waals surface area contributed by atoms with E-state index in [4.69, 9.17) is 4.42 Å². The van der Waals surface area contributed by atoms with E-state index in [1.807, 2.05) is 0 Å². The summed E-state index contributed by atoms with van der Waals surface area (Å²) in [5.41, 5.74) is 2.38. The van der Waals surface area contributed by atoms with E-state index in [1.54, 1.807) is 13.8 Å². The average Bonchev–Trinajstić information content (AvgIpc) is 3.00. The highest BCUT2D eigenvalue weighted by molar-refractivity contribution is 6.08. The molecule has 11 nitrogen and oxygen atoms in total. The second kappa shape index (κ2) is 7.42. The summed E-state index contributed by atoms with van der Waals surface area (Å²) in [5, 5.41) is 25.9. The van der Waals surface area contributed by atoms with Crippen molar-refractivity contribution in [2.24, 2.45) is 5.10 Å². The van der Waals surface area contributed by atoms with Crippen molar-refractivity contribution in [1.82, 2.24) is 0 Å². The summed E-state index contributed by atoms with van der Waals surface area (Å²) in [5.74, 6) is -0.209. The third-order valence-corrected chi connectivity index (χ3v) is 3.47. The van der Waals surface area contributed by atoms with E-state index >= 15 is 0 Å². The van der Waals surface area contributed by atoms with Gasteiger partial charge in [0.25, 0.3) is 5.69 Å². The molecular formula is C15H14N4O7. The number of rotatable bonds is 6. The number of hydrogen-bond donors (Lipinski definition) is 1. The minimum atomic E-state index is -0.761. The number of nitrogens with zero attached hydrogens (tertiary/aromatic N) is 3. The van der Waals surface area contributed by atoms with Crippen molar-refractivity contribution in [2.75, 3.05) is 12.5 Å². The maximum Gasteiger partial charge on any atom is 0.341 e. The van der Waals surface area contributed by atoms with Crippen LogP contribution >= 0.6 is 0 Å². The van der Waals surface area contributed by atoms with Gasteiger partial charge >= 0.3 is 11.7 Å². The van der Waals surface area contributed by atoms with Crippen molar-refractivity contribution in [2.45, 2.75) is 13.8 Å². The fourth-order valence-electron chi connectivity index (χ4n) is 2.24. The molecular weight excluding hydrogens is 348 g/mol. The number of anilines is 1. The third-order valence-electron chi connectivity index (χ3n) is 3.47. The van der Waals surface area contributed by atoms with E-state index in [9.17, 15) is 25.0 Å². The molecule has 0 radical (unpaired) electrons. The lowest BCUT2D eigenvalue weighted by atomic mass is 10.1. The highest BCUT2D eigenvalue weighted by atomic mass is 16.6. The number of nitro benzene ring substituents is 2. The van der Waals surface area contributed by atoms with Gasteiger partial charge in [0.2, 0.25) is 0 Å². The molecule has 0 saturated carbocycles. The summed E-state index contributed by atoms with van der Waals surface area (Å²) in [6, 6.07) is 3.12. The number of carbonyl (C=O) groups excluding carboxylic acids is 1. The number of carbonyl (C=O) groups is 1. The molecule has 136 valence electrons. The summed E-state index contributed by atoms with van der Waals surface area (Å²) in [7, 11) is 1.22. The van der Waals surface area contributed by atoms with Crippen molar-refractivity contribution in [3.8, 4) is 0 Å². The van der Waals surface area contributed by atoms with Gasteiger partial charge in [-0.05, 0) is 19.9 Å². The molecule has 26 heavy (non-hydrogen) atoms. The number of nitro groups is 2. The highest BCUT2D eigenvalue weighted by Crippen LogP contribution is 2.29. The largest absolute Gasteiger partial charge is 0.468 e. The van der Waals surface area contributed by atoms with Gasteiger partial charge in [-0.25, -0.2) is 4.79 Å². The SMILES string of the molecule is COC(=O)c1coc(C)c1/C(C)=N/Nc1ccc([N+](=O)[O-])cc1[N+](=O)[O-]. The molecule has 0 aliphatic heterocycles. The van der Waals surface area contributed by atoms with Crippen LogP contribution in [0.3, 0.4) is 0 Å². The smallest absolute Gasteiger partial charge is 0.341 e. The molecule has 1 aromatic heterocycles. The Morgan fingerprint density at radius 1 is 1.27 bits per heavy atom. The van der Waals surface area contributed by atoms with Crippen LogP contribution in [-0.4, -0.2) is 28.6 Å². The van der Waals surface area contributed by atoms with Crippen molar-refractivity contribution in [1.29, 1.82) is 0 Å². The Hall–Kier alpha value is -3.76. The topological polar surface area (TPSA) is 150 Å². The van der Waals surface area contributed by atoms with Crippen LogP contribution in [0.25, 0.3) is 0 Å². The second-order valence-electron chi connectivity index (χ2n) is 5.10. The summed E-state index contributed by atoms with van der Waals surface area (Å²) in [6.45, 7) is 3.18. The van der Waals surface area contributed by atoms with E-state index in [1.165, 1.54) is 19.4 Å². The zero-order valence-corrected chi connectivity index (χ0v) is 14.0. The van der Waals surface area contributed by atoms with E-state index in [0.29, 0.717) is 17.0 Å². The van der Waals surface area contributed by atoms with E-state index in [-0.39, 0.29) is 11.3 Å². The van der Waals surface area contributed by atoms with Gasteiger partial charge < -0.3 is 9.15 Å². The molecule has 0 amide bonds. The van der Waals surface area contributed by atoms with Crippen LogP contribution in [0.2, 0.25) is 0 Å². The molecule has 0 bridgehead atoms. The van der Waals surface area contributed by atoms with Crippen LogP contribution in [0.5, 0.6) is 0 Å². The Labute approximate surface area is 146 Å². The van der Waals surface area contributed by atoms with E-state index < -0.39 is 27.2 Å². The number of non-ortho nitro benzene ring substituents is 1. The predicted molar refractivity (Wildman–Crippen MR) is 90.4 cm³/mol. The standard InChI is InChI=1S/C15H14N4O7/c1-8(14-9(2)26-7-11(14)15(20)25-3)16-17-12-5-4-10(18(21)22)6-13(12)19(23)24/h4-7,17H,1-3H3/b16-8+. The second-order valence-corrected chi connectivity index (χ2v) is 5.10. The third kappa shape index (κ3) is 3.66. The molecule has 2 aromatic rings. The van der Waals surface area contributed by atoms with E-state index in [2.05, 4.69) is 15.3 Å². The number of aryl methyl sites for hydroxylation is 1. The molecule has 1 N–H and O–H groups in total. The van der Waals surface area contributed by atoms with Gasteiger partial charge in [-0.3, -0.25) is 25.7 Å². The monoisotopic (exact) mass is 362 g/mol. The lowest BCUT2D eigenvalue weighted by Gasteiger charge is -2.05. The van der Waals surface area contributed by atoms with Crippen molar-refractivity contribution in [3.05, 3.63) is 61.6 Å². The zero-order valence-electron chi connectivity index (χ0n) is 14.0. The fourth-order valence-corrected chi connectivity index (χ4v) is 2.24. The van der Waals surface area contributed by atoms with Crippen molar-refractivity contribution < 1.29 is 23.8 Å². The Morgan fingerprint density at radius 3 is 2.54 bits per heavy atom. The normalized spacial score (nSPS) is 11.1. The molecule has 0 fully saturated rings. The summed E-state index contributed by atoms with van der Waals surface area (Å²) in [4.78, 5) is 32.1. The van der Waals surface area contributed by atoms with Crippen LogP contribution in [0.1, 0.15) is 28.6 Å². The minimum Gasteiger partial charge on any atom is -0.468 e. The molecule has 0 atom stereocenters. The number of nitrogens with one attached hydrogen (secondary N) is 1. The zero-order chi connectivity index (χ0) is 19.4. The maximum atomic E-state index is 11.8. The molecule has 0 aliphatic rings. The molecule has 1 aromatic carbocycles. The Balaban J connectivity index is 2.39. The van der Waals surface area contributed by atoms with Gasteiger partial charge in [-0.15, -0.1) is 0 Å². The minimum absolute atomic E-state index is 0.0410. The van der Waals surface area contributed by atoms with Crippen LogP contribution in [-0.2, 0) is 4.74 Å². The van der Waals surface area contributed by atoms with Crippen LogP contribution < -0.4 is 5.43 Å². The average molecular weight is 362 g/mol. The number of benzene rings is 1. The van der Waals surface area contributed by atoms with E-state index in [0.717, 1.165) is 12.1 Å². The fraction of sp³-hybridized carbons (Fsp3) is 0.200. The number of ether oxygens (including phenoxy) is 1. The Kier molecular flexibility index (Phi) is 5.30. The molecule has 11 heteroatoms. The lowest BCUT2D eigenvalue weighted by Crippen LogP contribution is -2.09. The van der Waals surface area contributed by atoms with Crippen molar-refractivity contribution >= 4 is 28.7 Å². The first-order valence-corrected chi connectivity index (χ1v) is 7.16. The summed E-state index contributed by atoms with van der Waals surface area (Å²) < 4.78 is 9.87. The number of hydrogen-bond acceptors (Lipinski definition) is 9. The summed E-state index contributed by atoms with van der Waals surface area (Å²) >= 11 is 0. The van der Waals surface area contributed by atoms with Gasteiger partial charge in [0, 0.05) is 6.07 Å².